The van der Waals surface area contributed by atoms with Crippen LogP contribution in [0.15, 0.2) is 40.9 Å². The Morgan fingerprint density at radius 1 is 1.21 bits per heavy atom. The maximum absolute atomic E-state index is 13.2. The highest BCUT2D eigenvalue weighted by molar-refractivity contribution is 9.10. The van der Waals surface area contributed by atoms with Gasteiger partial charge >= 0.3 is 0 Å². The highest BCUT2D eigenvalue weighted by Gasteiger charge is 2.09. The predicted octanol–water partition coefficient (Wildman–Crippen LogP) is 5.05. The van der Waals surface area contributed by atoms with Crippen molar-refractivity contribution in [3.05, 3.63) is 57.3 Å². The highest BCUT2D eigenvalue weighted by atomic mass is 79.9. The molecule has 2 aromatic carbocycles. The van der Waals surface area contributed by atoms with Crippen LogP contribution in [0.4, 0.5) is 4.39 Å². The Kier molecular flexibility index (Phi) is 4.45. The lowest BCUT2D eigenvalue weighted by molar-refractivity contribution is 0.473. The van der Waals surface area contributed by atoms with Crippen LogP contribution >= 0.6 is 27.5 Å². The fourth-order valence-electron chi connectivity index (χ4n) is 1.56. The summed E-state index contributed by atoms with van der Waals surface area (Å²) in [7, 11) is 0. The van der Waals surface area contributed by atoms with E-state index in [0.29, 0.717) is 21.0 Å². The van der Waals surface area contributed by atoms with Crippen LogP contribution in [0.3, 0.4) is 0 Å². The van der Waals surface area contributed by atoms with Crippen molar-refractivity contribution in [3.63, 3.8) is 0 Å². The molecule has 0 aliphatic rings. The van der Waals surface area contributed by atoms with E-state index >= 15 is 0 Å². The summed E-state index contributed by atoms with van der Waals surface area (Å²) in [6.07, 6.45) is 0. The van der Waals surface area contributed by atoms with Crippen LogP contribution < -0.4 is 10.5 Å². The summed E-state index contributed by atoms with van der Waals surface area (Å²) in [6.45, 7) is 1.87. The third-order valence-electron chi connectivity index (χ3n) is 2.59. The molecule has 0 unspecified atom stereocenters. The van der Waals surface area contributed by atoms with E-state index in [1.807, 2.05) is 13.0 Å². The normalized spacial score (nSPS) is 12.3. The SMILES string of the molecule is C[C@@H](N)c1ccc(Oc2cc(F)ccc2Br)c(Cl)c1. The lowest BCUT2D eigenvalue weighted by Crippen LogP contribution is -2.04. The van der Waals surface area contributed by atoms with Crippen molar-refractivity contribution in [1.29, 1.82) is 0 Å². The van der Waals surface area contributed by atoms with Gasteiger partial charge in [0.25, 0.3) is 0 Å². The Hall–Kier alpha value is -1.10. The van der Waals surface area contributed by atoms with Crippen molar-refractivity contribution in [3.8, 4) is 11.5 Å². The minimum atomic E-state index is -0.374. The average Bonchev–Trinajstić information content (AvgIpc) is 2.36. The van der Waals surface area contributed by atoms with Gasteiger partial charge in [0, 0.05) is 12.1 Å². The second-order valence-electron chi connectivity index (χ2n) is 4.16. The first kappa shape index (κ1) is 14.3. The van der Waals surface area contributed by atoms with E-state index in [0.717, 1.165) is 5.56 Å². The van der Waals surface area contributed by atoms with Crippen LogP contribution in [0.5, 0.6) is 11.5 Å². The molecule has 0 radical (unpaired) electrons. The molecule has 2 aromatic rings. The summed E-state index contributed by atoms with van der Waals surface area (Å²) in [4.78, 5) is 0. The van der Waals surface area contributed by atoms with E-state index in [1.54, 1.807) is 18.2 Å². The number of halogens is 3. The van der Waals surface area contributed by atoms with Crippen molar-refractivity contribution in [2.75, 3.05) is 0 Å². The van der Waals surface area contributed by atoms with Crippen molar-refractivity contribution in [2.24, 2.45) is 5.73 Å². The molecule has 0 heterocycles. The molecule has 2 nitrogen and oxygen atoms in total. The van der Waals surface area contributed by atoms with E-state index in [-0.39, 0.29) is 11.9 Å². The van der Waals surface area contributed by atoms with E-state index in [2.05, 4.69) is 15.9 Å². The monoisotopic (exact) mass is 343 g/mol. The molecule has 5 heteroatoms. The van der Waals surface area contributed by atoms with Crippen LogP contribution in [0.2, 0.25) is 5.02 Å². The summed E-state index contributed by atoms with van der Waals surface area (Å²) in [5, 5.41) is 0.436. The van der Waals surface area contributed by atoms with Gasteiger partial charge in [0.1, 0.15) is 17.3 Å². The van der Waals surface area contributed by atoms with Gasteiger partial charge < -0.3 is 10.5 Å². The van der Waals surface area contributed by atoms with Gasteiger partial charge in [-0.1, -0.05) is 17.7 Å². The number of ether oxygens (including phenoxy) is 1. The van der Waals surface area contributed by atoms with E-state index < -0.39 is 0 Å². The van der Waals surface area contributed by atoms with Gasteiger partial charge in [0.05, 0.1) is 9.50 Å². The van der Waals surface area contributed by atoms with Gasteiger partial charge in [-0.25, -0.2) is 4.39 Å². The molecule has 0 spiro atoms. The van der Waals surface area contributed by atoms with Crippen molar-refractivity contribution < 1.29 is 9.13 Å². The van der Waals surface area contributed by atoms with Crippen molar-refractivity contribution in [2.45, 2.75) is 13.0 Å². The van der Waals surface area contributed by atoms with Gasteiger partial charge in [-0.3, -0.25) is 0 Å². The second-order valence-corrected chi connectivity index (χ2v) is 5.42. The maximum Gasteiger partial charge on any atom is 0.146 e. The molecule has 0 saturated carbocycles. The number of nitrogens with two attached hydrogens (primary N) is 1. The Balaban J connectivity index is 2.31. The minimum absolute atomic E-state index is 0.104. The smallest absolute Gasteiger partial charge is 0.146 e. The van der Waals surface area contributed by atoms with Gasteiger partial charge in [-0.15, -0.1) is 0 Å². The predicted molar refractivity (Wildman–Crippen MR) is 78.2 cm³/mol. The Bertz CT molecular complexity index is 604. The molecule has 0 aliphatic carbocycles. The molecule has 1 atom stereocenters. The third kappa shape index (κ3) is 3.47. The molecule has 100 valence electrons. The van der Waals surface area contributed by atoms with Crippen molar-refractivity contribution >= 4 is 27.5 Å². The molecule has 0 bridgehead atoms. The standard InChI is InChI=1S/C14H12BrClFNO/c1-8(18)9-2-5-13(12(16)6-9)19-14-7-10(17)3-4-11(14)15/h2-8H,18H2,1H3/t8-/m1/s1. The van der Waals surface area contributed by atoms with Crippen molar-refractivity contribution in [1.82, 2.24) is 0 Å². The number of benzene rings is 2. The fraction of sp³-hybridized carbons (Fsp3) is 0.143. The highest BCUT2D eigenvalue weighted by Crippen LogP contribution is 2.35. The zero-order valence-corrected chi connectivity index (χ0v) is 12.5. The Labute approximate surface area is 124 Å². The molecule has 0 fully saturated rings. The summed E-state index contributed by atoms with van der Waals surface area (Å²) in [5.41, 5.74) is 6.69. The summed E-state index contributed by atoms with van der Waals surface area (Å²) in [5.74, 6) is 0.453. The lowest BCUT2D eigenvalue weighted by atomic mass is 10.1. The van der Waals surface area contributed by atoms with Crippen LogP contribution in [0, 0.1) is 5.82 Å². The fourth-order valence-corrected chi connectivity index (χ4v) is 2.11. The summed E-state index contributed by atoms with van der Waals surface area (Å²) >= 11 is 9.42. The van der Waals surface area contributed by atoms with E-state index in [4.69, 9.17) is 22.1 Å². The zero-order chi connectivity index (χ0) is 14.0. The molecule has 0 aromatic heterocycles. The summed E-state index contributed by atoms with van der Waals surface area (Å²) in [6, 6.07) is 9.41. The molecule has 0 aliphatic heterocycles. The number of rotatable bonds is 3. The minimum Gasteiger partial charge on any atom is -0.455 e. The average molecular weight is 345 g/mol. The lowest BCUT2D eigenvalue weighted by Gasteiger charge is -2.12. The topological polar surface area (TPSA) is 35.2 Å². The molecule has 19 heavy (non-hydrogen) atoms. The van der Waals surface area contributed by atoms with Gasteiger partial charge in [0.2, 0.25) is 0 Å². The van der Waals surface area contributed by atoms with E-state index in [9.17, 15) is 4.39 Å². The molecule has 0 saturated heterocycles. The van der Waals surface area contributed by atoms with Gasteiger partial charge in [-0.2, -0.15) is 0 Å². The molecular formula is C14H12BrClFNO. The van der Waals surface area contributed by atoms with Gasteiger partial charge in [0.15, 0.2) is 0 Å². The maximum atomic E-state index is 13.2. The Morgan fingerprint density at radius 3 is 2.58 bits per heavy atom. The molecule has 2 N–H and O–H groups in total. The second kappa shape index (κ2) is 5.90. The number of hydrogen-bond acceptors (Lipinski definition) is 2. The van der Waals surface area contributed by atoms with Crippen LogP contribution in [0.1, 0.15) is 18.5 Å². The summed E-state index contributed by atoms with van der Waals surface area (Å²) < 4.78 is 19.4. The quantitative estimate of drug-likeness (QED) is 0.845. The Morgan fingerprint density at radius 2 is 1.95 bits per heavy atom. The zero-order valence-electron chi connectivity index (χ0n) is 10.2. The first-order valence-corrected chi connectivity index (χ1v) is 6.82. The largest absolute Gasteiger partial charge is 0.455 e. The van der Waals surface area contributed by atoms with Crippen LogP contribution in [-0.4, -0.2) is 0 Å². The molecule has 2 rings (SSSR count). The van der Waals surface area contributed by atoms with Gasteiger partial charge in [-0.05, 0) is 52.7 Å². The van der Waals surface area contributed by atoms with Crippen LogP contribution in [-0.2, 0) is 0 Å². The van der Waals surface area contributed by atoms with Crippen LogP contribution in [0.25, 0.3) is 0 Å². The molecular weight excluding hydrogens is 333 g/mol. The molecule has 0 amide bonds. The first-order valence-electron chi connectivity index (χ1n) is 5.65. The van der Waals surface area contributed by atoms with E-state index in [1.165, 1.54) is 12.1 Å². The first-order chi connectivity index (χ1) is 8.97. The third-order valence-corrected chi connectivity index (χ3v) is 3.55. The number of hydrogen-bond donors (Lipinski definition) is 1.